The molecule has 2 aromatic heterocycles. The number of hydrogen-bond donors (Lipinski definition) is 1. The van der Waals surface area contributed by atoms with Crippen LogP contribution in [-0.2, 0) is 0 Å². The average Bonchev–Trinajstić information content (AvgIpc) is 3.10. The zero-order valence-corrected chi connectivity index (χ0v) is 14.1. The van der Waals surface area contributed by atoms with Gasteiger partial charge in [-0.2, -0.15) is 15.0 Å². The van der Waals surface area contributed by atoms with Gasteiger partial charge < -0.3 is 14.8 Å². The summed E-state index contributed by atoms with van der Waals surface area (Å²) in [6.07, 6.45) is 2.97. The second-order valence-corrected chi connectivity index (χ2v) is 5.17. The average molecular weight is 349 g/mol. The minimum atomic E-state index is -0.434. The van der Waals surface area contributed by atoms with Gasteiger partial charge >= 0.3 is 0 Å². The summed E-state index contributed by atoms with van der Waals surface area (Å²) in [5, 5.41) is 16.2. The lowest BCUT2D eigenvalue weighted by Gasteiger charge is -2.11. The largest absolute Gasteiger partial charge is 0.497 e. The molecule has 3 rings (SSSR count). The first-order valence-electron chi connectivity index (χ1n) is 7.60. The molecule has 130 valence electrons. The van der Waals surface area contributed by atoms with Crippen molar-refractivity contribution < 1.29 is 14.3 Å². The number of nitriles is 1. The number of ether oxygens (including phenoxy) is 2. The first-order valence-corrected chi connectivity index (χ1v) is 7.60. The van der Waals surface area contributed by atoms with Crippen molar-refractivity contribution in [2.75, 3.05) is 19.5 Å². The fourth-order valence-electron chi connectivity index (χ4n) is 2.32. The molecule has 8 nitrogen and oxygen atoms in total. The van der Waals surface area contributed by atoms with Gasteiger partial charge in [0, 0.05) is 17.8 Å². The number of hydrogen-bond acceptors (Lipinski definition) is 6. The maximum absolute atomic E-state index is 12.7. The van der Waals surface area contributed by atoms with Crippen molar-refractivity contribution in [3.8, 4) is 23.4 Å². The molecule has 0 saturated heterocycles. The lowest BCUT2D eigenvalue weighted by molar-refractivity contribution is 0.102. The monoisotopic (exact) mass is 349 g/mol. The van der Waals surface area contributed by atoms with E-state index < -0.39 is 5.91 Å². The van der Waals surface area contributed by atoms with Crippen molar-refractivity contribution in [2.45, 2.75) is 0 Å². The highest BCUT2D eigenvalue weighted by molar-refractivity contribution is 6.05. The third-order valence-corrected chi connectivity index (χ3v) is 3.60. The van der Waals surface area contributed by atoms with Crippen molar-refractivity contribution in [3.63, 3.8) is 0 Å². The Hall–Kier alpha value is -3.86. The molecular weight excluding hydrogens is 334 g/mol. The Bertz CT molecular complexity index is 954. The van der Waals surface area contributed by atoms with Crippen LogP contribution in [0.2, 0.25) is 0 Å². The van der Waals surface area contributed by atoms with Gasteiger partial charge in [-0.15, -0.1) is 0 Å². The first-order chi connectivity index (χ1) is 12.7. The Morgan fingerprint density at radius 1 is 1.19 bits per heavy atom. The lowest BCUT2D eigenvalue weighted by Crippen LogP contribution is -2.16. The Kier molecular flexibility index (Phi) is 4.80. The van der Waals surface area contributed by atoms with Crippen molar-refractivity contribution >= 4 is 11.7 Å². The zero-order valence-electron chi connectivity index (χ0n) is 14.1. The van der Waals surface area contributed by atoms with Crippen LogP contribution in [0.15, 0.2) is 48.8 Å². The van der Waals surface area contributed by atoms with Crippen molar-refractivity contribution in [1.29, 1.82) is 5.26 Å². The van der Waals surface area contributed by atoms with Crippen LogP contribution in [0.4, 0.5) is 5.82 Å². The zero-order chi connectivity index (χ0) is 18.5. The number of pyridine rings is 1. The summed E-state index contributed by atoms with van der Waals surface area (Å²) in [6, 6.07) is 12.1. The van der Waals surface area contributed by atoms with Crippen molar-refractivity contribution in [3.05, 3.63) is 59.9 Å². The number of rotatable bonds is 5. The maximum Gasteiger partial charge on any atom is 0.257 e. The highest BCUT2D eigenvalue weighted by Gasteiger charge is 2.18. The molecule has 8 heteroatoms. The number of carbonyl (C=O) groups excluding carboxylic acids is 1. The van der Waals surface area contributed by atoms with E-state index in [0.29, 0.717) is 22.9 Å². The molecule has 0 bridgehead atoms. The number of methoxy groups -OCH3 is 2. The van der Waals surface area contributed by atoms with E-state index in [4.69, 9.17) is 9.47 Å². The van der Waals surface area contributed by atoms with Crippen LogP contribution in [0.3, 0.4) is 0 Å². The van der Waals surface area contributed by atoms with Crippen molar-refractivity contribution in [1.82, 2.24) is 14.8 Å². The molecule has 0 radical (unpaired) electrons. The molecule has 0 spiro atoms. The number of nitrogens with zero attached hydrogens (tertiary/aromatic N) is 4. The predicted octanol–water partition coefficient (Wildman–Crippen LogP) is 2.41. The topological polar surface area (TPSA) is 102 Å². The van der Waals surface area contributed by atoms with Crippen LogP contribution in [0, 0.1) is 11.3 Å². The quantitative estimate of drug-likeness (QED) is 0.759. The molecule has 3 aromatic rings. The predicted molar refractivity (Wildman–Crippen MR) is 93.6 cm³/mol. The standard InChI is InChI=1S/C18H15N5O3/c1-25-14-7-12(8-15(9-14)26-2)18(24)22-17-13(10-19)11-21-23(17)16-5-3-4-6-20-16/h3-9,11H,1-2H3,(H,22,24). The Morgan fingerprint density at radius 2 is 1.92 bits per heavy atom. The SMILES string of the molecule is COc1cc(OC)cc(C(=O)Nc2c(C#N)cnn2-c2ccccn2)c1. The smallest absolute Gasteiger partial charge is 0.257 e. The molecule has 0 unspecified atom stereocenters. The van der Waals surface area contributed by atoms with E-state index in [-0.39, 0.29) is 11.4 Å². The van der Waals surface area contributed by atoms with Gasteiger partial charge in [-0.25, -0.2) is 4.98 Å². The summed E-state index contributed by atoms with van der Waals surface area (Å²) in [5.74, 6) is 1.24. The summed E-state index contributed by atoms with van der Waals surface area (Å²) < 4.78 is 11.8. The maximum atomic E-state index is 12.7. The van der Waals surface area contributed by atoms with E-state index in [1.807, 2.05) is 6.07 Å². The number of benzene rings is 1. The second kappa shape index (κ2) is 7.36. The normalized spacial score (nSPS) is 10.0. The molecule has 1 aromatic carbocycles. The van der Waals surface area contributed by atoms with E-state index in [1.54, 1.807) is 42.6 Å². The molecule has 0 saturated carbocycles. The number of aromatic nitrogens is 3. The highest BCUT2D eigenvalue weighted by Crippen LogP contribution is 2.24. The molecule has 1 amide bonds. The van der Waals surface area contributed by atoms with E-state index in [1.165, 1.54) is 25.1 Å². The van der Waals surface area contributed by atoms with Gasteiger partial charge in [-0.05, 0) is 24.3 Å². The van der Waals surface area contributed by atoms with E-state index in [9.17, 15) is 10.1 Å². The third kappa shape index (κ3) is 3.32. The van der Waals surface area contributed by atoms with Gasteiger partial charge in [-0.1, -0.05) is 6.07 Å². The van der Waals surface area contributed by atoms with E-state index >= 15 is 0 Å². The minimum absolute atomic E-state index is 0.221. The number of anilines is 1. The summed E-state index contributed by atoms with van der Waals surface area (Å²) in [6.45, 7) is 0. The molecule has 1 N–H and O–H groups in total. The fraction of sp³-hybridized carbons (Fsp3) is 0.111. The number of amides is 1. The van der Waals surface area contributed by atoms with Crippen LogP contribution in [0.1, 0.15) is 15.9 Å². The summed E-state index contributed by atoms with van der Waals surface area (Å²) >= 11 is 0. The van der Waals surface area contributed by atoms with E-state index in [0.717, 1.165) is 0 Å². The third-order valence-electron chi connectivity index (χ3n) is 3.60. The fourth-order valence-corrected chi connectivity index (χ4v) is 2.32. The van der Waals surface area contributed by atoms with E-state index in [2.05, 4.69) is 15.4 Å². The molecule has 2 heterocycles. The lowest BCUT2D eigenvalue weighted by atomic mass is 10.2. The minimum Gasteiger partial charge on any atom is -0.497 e. The van der Waals surface area contributed by atoms with Crippen LogP contribution in [0.25, 0.3) is 5.82 Å². The second-order valence-electron chi connectivity index (χ2n) is 5.17. The van der Waals surface area contributed by atoms with Gasteiger partial charge in [0.05, 0.1) is 20.4 Å². The van der Waals surface area contributed by atoms with Crippen LogP contribution < -0.4 is 14.8 Å². The van der Waals surface area contributed by atoms with Gasteiger partial charge in [0.15, 0.2) is 11.6 Å². The molecule has 26 heavy (non-hydrogen) atoms. The molecule has 0 aliphatic heterocycles. The van der Waals surface area contributed by atoms with Gasteiger partial charge in [-0.3, -0.25) is 4.79 Å². The Morgan fingerprint density at radius 3 is 2.50 bits per heavy atom. The van der Waals surface area contributed by atoms with Crippen LogP contribution >= 0.6 is 0 Å². The number of nitrogens with one attached hydrogen (secondary N) is 1. The van der Waals surface area contributed by atoms with Gasteiger partial charge in [0.25, 0.3) is 5.91 Å². The van der Waals surface area contributed by atoms with Gasteiger partial charge in [0.1, 0.15) is 23.1 Å². The molecule has 0 aliphatic carbocycles. The van der Waals surface area contributed by atoms with Crippen LogP contribution in [-0.4, -0.2) is 34.9 Å². The molecular formula is C18H15N5O3. The summed E-state index contributed by atoms with van der Waals surface area (Å²) in [7, 11) is 3.00. The number of carbonyl (C=O) groups is 1. The van der Waals surface area contributed by atoms with Gasteiger partial charge in [0.2, 0.25) is 0 Å². The first kappa shape index (κ1) is 17.0. The summed E-state index contributed by atoms with van der Waals surface area (Å²) in [4.78, 5) is 16.9. The Balaban J connectivity index is 1.98. The highest BCUT2D eigenvalue weighted by atomic mass is 16.5. The molecule has 0 fully saturated rings. The van der Waals surface area contributed by atoms with Crippen molar-refractivity contribution in [2.24, 2.45) is 0 Å². The summed E-state index contributed by atoms with van der Waals surface area (Å²) in [5.41, 5.74) is 0.540. The molecule has 0 aliphatic rings. The molecule has 0 atom stereocenters. The Labute approximate surface area is 149 Å². The van der Waals surface area contributed by atoms with Crippen LogP contribution in [0.5, 0.6) is 11.5 Å².